The first-order valence-corrected chi connectivity index (χ1v) is 7.30. The van der Waals surface area contributed by atoms with Crippen LogP contribution in [-0.4, -0.2) is 33.0 Å². The predicted octanol–water partition coefficient (Wildman–Crippen LogP) is 0.961. The van der Waals surface area contributed by atoms with E-state index in [4.69, 9.17) is 5.73 Å². The largest absolute Gasteiger partial charge is 0.507 e. The lowest BCUT2D eigenvalue weighted by atomic mass is 9.94. The van der Waals surface area contributed by atoms with Crippen molar-refractivity contribution in [1.82, 2.24) is 15.0 Å². The molecule has 0 spiro atoms. The highest BCUT2D eigenvalue weighted by Crippen LogP contribution is 2.26. The molecule has 0 radical (unpaired) electrons. The van der Waals surface area contributed by atoms with Crippen molar-refractivity contribution in [2.75, 3.05) is 5.73 Å². The van der Waals surface area contributed by atoms with Gasteiger partial charge >= 0.3 is 0 Å². The van der Waals surface area contributed by atoms with Crippen LogP contribution in [-0.2, 0) is 0 Å². The van der Waals surface area contributed by atoms with E-state index in [1.54, 1.807) is 42.5 Å². The Balaban J connectivity index is 1.99. The molecule has 0 fully saturated rings. The lowest BCUT2D eigenvalue weighted by Crippen LogP contribution is -2.02. The molecule has 24 heavy (non-hydrogen) atoms. The Labute approximate surface area is 139 Å². The number of anilines is 1. The highest BCUT2D eigenvalue weighted by Gasteiger charge is 2.09. The quantitative estimate of drug-likeness (QED) is 0.621. The number of phenolic OH excluding ortho intramolecular Hbond substituents is 2. The molecule has 0 aliphatic carbocycles. The first-order valence-electron chi connectivity index (χ1n) is 7.30. The van der Waals surface area contributed by atoms with Crippen molar-refractivity contribution in [3.63, 3.8) is 0 Å². The van der Waals surface area contributed by atoms with Crippen molar-refractivity contribution < 1.29 is 10.2 Å². The van der Waals surface area contributed by atoms with E-state index in [0.717, 1.165) is 5.46 Å². The van der Waals surface area contributed by atoms with Gasteiger partial charge < -0.3 is 15.9 Å². The molecule has 0 saturated heterocycles. The fourth-order valence-corrected chi connectivity index (χ4v) is 2.24. The third-order valence-corrected chi connectivity index (χ3v) is 3.41. The van der Waals surface area contributed by atoms with Crippen LogP contribution >= 0.6 is 0 Å². The van der Waals surface area contributed by atoms with Gasteiger partial charge in [0.05, 0.1) is 5.56 Å². The Hall–Kier alpha value is -3.35. The number of nitrogen functional groups attached to an aromatic ring is 1. The van der Waals surface area contributed by atoms with Gasteiger partial charge in [0.25, 0.3) is 0 Å². The van der Waals surface area contributed by atoms with Crippen LogP contribution in [0.1, 0.15) is 11.4 Å². The normalized spacial score (nSPS) is 11.0. The number of rotatable bonds is 3. The Kier molecular flexibility index (Phi) is 4.16. The minimum atomic E-state index is 0.0522. The summed E-state index contributed by atoms with van der Waals surface area (Å²) in [7, 11) is 1.94. The Morgan fingerprint density at radius 1 is 0.917 bits per heavy atom. The van der Waals surface area contributed by atoms with Crippen molar-refractivity contribution in [3.05, 3.63) is 53.9 Å². The van der Waals surface area contributed by atoms with Gasteiger partial charge in [-0.2, -0.15) is 9.97 Å². The van der Waals surface area contributed by atoms with Gasteiger partial charge in [0.1, 0.15) is 19.3 Å². The van der Waals surface area contributed by atoms with Crippen LogP contribution in [0.3, 0.4) is 0 Å². The smallest absolute Gasteiger partial charge is 0.224 e. The van der Waals surface area contributed by atoms with E-state index < -0.39 is 0 Å². The molecule has 3 rings (SSSR count). The highest BCUT2D eigenvalue weighted by atomic mass is 16.3. The van der Waals surface area contributed by atoms with Crippen LogP contribution < -0.4 is 11.2 Å². The average molecular weight is 318 g/mol. The number of hydrogen-bond donors (Lipinski definition) is 3. The molecule has 0 amide bonds. The van der Waals surface area contributed by atoms with E-state index >= 15 is 0 Å². The monoisotopic (exact) mass is 318 g/mol. The lowest BCUT2D eigenvalue weighted by Gasteiger charge is -2.05. The molecule has 6 nitrogen and oxygen atoms in total. The van der Waals surface area contributed by atoms with Crippen LogP contribution in [0.2, 0.25) is 0 Å². The van der Waals surface area contributed by atoms with Gasteiger partial charge in [-0.25, -0.2) is 4.98 Å². The number of nitrogens with two attached hydrogens (primary N) is 1. The molecule has 4 N–H and O–H groups in total. The molecule has 1 aromatic heterocycles. The van der Waals surface area contributed by atoms with Gasteiger partial charge in [0.2, 0.25) is 5.95 Å². The Bertz CT molecular complexity index is 928. The van der Waals surface area contributed by atoms with Crippen LogP contribution in [0.15, 0.2) is 42.5 Å². The van der Waals surface area contributed by atoms with Gasteiger partial charge in [0, 0.05) is 5.56 Å². The third-order valence-electron chi connectivity index (χ3n) is 3.41. The number of phenols is 2. The minimum absolute atomic E-state index is 0.0522. The number of hydrogen-bond acceptors (Lipinski definition) is 6. The molecular formula is C17H15BN4O2. The molecule has 7 heteroatoms. The molecule has 0 aliphatic rings. The maximum absolute atomic E-state index is 9.93. The summed E-state index contributed by atoms with van der Waals surface area (Å²) in [6.45, 7) is 0. The number of benzene rings is 2. The van der Waals surface area contributed by atoms with Crippen LogP contribution in [0.25, 0.3) is 23.5 Å². The second-order valence-electron chi connectivity index (χ2n) is 5.29. The molecular weight excluding hydrogens is 303 g/mol. The molecule has 3 aromatic rings. The topological polar surface area (TPSA) is 105 Å². The fraction of sp³-hybridized carbons (Fsp3) is 0. The second-order valence-corrected chi connectivity index (χ2v) is 5.29. The van der Waals surface area contributed by atoms with E-state index in [2.05, 4.69) is 15.0 Å². The molecule has 0 atom stereocenters. The van der Waals surface area contributed by atoms with Gasteiger partial charge in [-0.3, -0.25) is 0 Å². The zero-order valence-corrected chi connectivity index (χ0v) is 13.0. The van der Waals surface area contributed by atoms with Crippen molar-refractivity contribution in [2.24, 2.45) is 0 Å². The van der Waals surface area contributed by atoms with Crippen LogP contribution in [0.4, 0.5) is 5.95 Å². The first kappa shape index (κ1) is 15.5. The van der Waals surface area contributed by atoms with Gasteiger partial charge in [0.15, 0.2) is 11.6 Å². The maximum Gasteiger partial charge on any atom is 0.224 e. The third kappa shape index (κ3) is 3.35. The summed E-state index contributed by atoms with van der Waals surface area (Å²) in [5.74, 6) is 0.904. The summed E-state index contributed by atoms with van der Waals surface area (Å²) in [4.78, 5) is 12.4. The van der Waals surface area contributed by atoms with E-state index in [1.165, 1.54) is 0 Å². The first-order chi connectivity index (χ1) is 11.5. The van der Waals surface area contributed by atoms with Gasteiger partial charge in [-0.05, 0) is 30.4 Å². The predicted molar refractivity (Wildman–Crippen MR) is 96.6 cm³/mol. The number of para-hydroxylation sites is 1. The Morgan fingerprint density at radius 2 is 1.71 bits per heavy atom. The summed E-state index contributed by atoms with van der Waals surface area (Å²) >= 11 is 0. The second kappa shape index (κ2) is 6.41. The fourth-order valence-electron chi connectivity index (χ4n) is 2.24. The lowest BCUT2D eigenvalue weighted by molar-refractivity contribution is 0.474. The van der Waals surface area contributed by atoms with E-state index in [0.29, 0.717) is 17.0 Å². The van der Waals surface area contributed by atoms with Crippen molar-refractivity contribution in [2.45, 2.75) is 0 Å². The number of nitrogens with zero attached hydrogens (tertiary/aromatic N) is 3. The maximum atomic E-state index is 9.93. The van der Waals surface area contributed by atoms with Crippen LogP contribution in [0, 0.1) is 0 Å². The summed E-state index contributed by atoms with van der Waals surface area (Å²) in [5.41, 5.74) is 7.89. The van der Waals surface area contributed by atoms with E-state index in [9.17, 15) is 10.2 Å². The summed E-state index contributed by atoms with van der Waals surface area (Å²) in [6.07, 6.45) is 3.34. The van der Waals surface area contributed by atoms with Crippen molar-refractivity contribution >= 4 is 31.4 Å². The highest BCUT2D eigenvalue weighted by molar-refractivity contribution is 6.32. The van der Waals surface area contributed by atoms with Gasteiger partial charge in [-0.15, -0.1) is 0 Å². The number of aromatic nitrogens is 3. The molecule has 0 saturated carbocycles. The van der Waals surface area contributed by atoms with Crippen molar-refractivity contribution in [3.8, 4) is 22.9 Å². The van der Waals surface area contributed by atoms with Crippen LogP contribution in [0.5, 0.6) is 11.5 Å². The van der Waals surface area contributed by atoms with E-state index in [-0.39, 0.29) is 23.3 Å². The minimum Gasteiger partial charge on any atom is -0.507 e. The molecule has 1 heterocycles. The van der Waals surface area contributed by atoms with Gasteiger partial charge in [-0.1, -0.05) is 29.7 Å². The van der Waals surface area contributed by atoms with Crippen molar-refractivity contribution in [1.29, 1.82) is 0 Å². The molecule has 0 aliphatic heterocycles. The average Bonchev–Trinajstić information content (AvgIpc) is 2.55. The zero-order valence-electron chi connectivity index (χ0n) is 13.0. The molecule has 0 bridgehead atoms. The molecule has 0 unspecified atom stereocenters. The zero-order chi connectivity index (χ0) is 17.1. The Morgan fingerprint density at radius 3 is 2.50 bits per heavy atom. The SMILES string of the molecule is Bc1ccc(O)c(/C=C/c2nc(N)nc(-c3ccccc3O)n2)c1. The summed E-state index contributed by atoms with van der Waals surface area (Å²) in [6, 6.07) is 12.0. The summed E-state index contributed by atoms with van der Waals surface area (Å²) in [5, 5.41) is 19.8. The standard InChI is InChI=1S/C17H15BN4O2/c18-11-6-7-13(23)10(9-11)5-8-15-20-16(22-17(19)21-15)12-3-1-2-4-14(12)24/h1-9,23-24H,18H2,(H2,19,20,21,22)/b8-5+. The summed E-state index contributed by atoms with van der Waals surface area (Å²) < 4.78 is 0. The van der Waals surface area contributed by atoms with E-state index in [1.807, 2.05) is 20.0 Å². The number of aromatic hydroxyl groups is 2. The molecule has 2 aromatic carbocycles. The molecule has 118 valence electrons.